The second-order valence-electron chi connectivity index (χ2n) is 5.46. The third-order valence-electron chi connectivity index (χ3n) is 4.10. The van der Waals surface area contributed by atoms with Gasteiger partial charge in [-0.2, -0.15) is 0 Å². The molecular formula is C13H21N5. The molecule has 3 heterocycles. The molecule has 2 N–H and O–H groups in total. The Morgan fingerprint density at radius 1 is 1.22 bits per heavy atom. The summed E-state index contributed by atoms with van der Waals surface area (Å²) in [5.74, 6) is 0.821. The number of nitrogens with two attached hydrogens (primary N) is 1. The number of nitrogen functional groups attached to an aromatic ring is 1. The number of anilines is 2. The van der Waals surface area contributed by atoms with Gasteiger partial charge in [0.15, 0.2) is 0 Å². The van der Waals surface area contributed by atoms with Crippen LogP contribution in [0.1, 0.15) is 26.2 Å². The molecule has 0 aromatic carbocycles. The Morgan fingerprint density at radius 2 is 2.00 bits per heavy atom. The van der Waals surface area contributed by atoms with Crippen molar-refractivity contribution in [3.8, 4) is 0 Å². The molecule has 5 nitrogen and oxygen atoms in total. The van der Waals surface area contributed by atoms with Crippen LogP contribution >= 0.6 is 0 Å². The van der Waals surface area contributed by atoms with Gasteiger partial charge in [-0.25, -0.2) is 9.97 Å². The fourth-order valence-electron chi connectivity index (χ4n) is 3.11. The van der Waals surface area contributed by atoms with Crippen LogP contribution in [0.25, 0.3) is 0 Å². The average molecular weight is 247 g/mol. The molecule has 2 aliphatic rings. The molecule has 2 aliphatic heterocycles. The molecule has 0 aliphatic carbocycles. The second kappa shape index (κ2) is 4.72. The van der Waals surface area contributed by atoms with Crippen molar-refractivity contribution >= 4 is 11.6 Å². The first-order chi connectivity index (χ1) is 8.74. The maximum atomic E-state index is 5.65. The normalized spacial score (nSPS) is 29.1. The molecule has 5 heteroatoms. The van der Waals surface area contributed by atoms with Gasteiger partial charge in [-0.3, -0.25) is 4.90 Å². The minimum atomic E-state index is 0.475. The molecule has 0 bridgehead atoms. The molecule has 18 heavy (non-hydrogen) atoms. The van der Waals surface area contributed by atoms with E-state index in [-0.39, 0.29) is 0 Å². The number of hydrogen-bond donors (Lipinski definition) is 1. The zero-order valence-corrected chi connectivity index (χ0v) is 10.9. The van der Waals surface area contributed by atoms with Gasteiger partial charge in [0.05, 0.1) is 18.1 Å². The first kappa shape index (κ1) is 11.7. The van der Waals surface area contributed by atoms with Crippen LogP contribution in [0.15, 0.2) is 12.4 Å². The molecule has 2 unspecified atom stereocenters. The van der Waals surface area contributed by atoms with Crippen molar-refractivity contribution in [1.29, 1.82) is 0 Å². The lowest BCUT2D eigenvalue weighted by molar-refractivity contribution is 0.115. The van der Waals surface area contributed by atoms with Crippen LogP contribution in [-0.2, 0) is 0 Å². The minimum Gasteiger partial charge on any atom is -0.396 e. The van der Waals surface area contributed by atoms with E-state index < -0.39 is 0 Å². The summed E-state index contributed by atoms with van der Waals surface area (Å²) in [6.45, 7) is 5.68. The van der Waals surface area contributed by atoms with Crippen LogP contribution in [-0.4, -0.2) is 46.6 Å². The zero-order chi connectivity index (χ0) is 12.5. The van der Waals surface area contributed by atoms with E-state index >= 15 is 0 Å². The molecule has 1 aromatic heterocycles. The lowest BCUT2D eigenvalue weighted by Gasteiger charge is -2.47. The quantitative estimate of drug-likeness (QED) is 0.806. The predicted octanol–water partition coefficient (Wildman–Crippen LogP) is 1.12. The van der Waals surface area contributed by atoms with E-state index in [2.05, 4.69) is 26.7 Å². The number of hydrogen-bond acceptors (Lipinski definition) is 5. The predicted molar refractivity (Wildman–Crippen MR) is 72.5 cm³/mol. The van der Waals surface area contributed by atoms with Gasteiger partial charge in [-0.05, 0) is 26.3 Å². The Morgan fingerprint density at radius 3 is 2.78 bits per heavy atom. The summed E-state index contributed by atoms with van der Waals surface area (Å²) >= 11 is 0. The zero-order valence-electron chi connectivity index (χ0n) is 10.9. The van der Waals surface area contributed by atoms with E-state index in [0.717, 1.165) is 19.0 Å². The van der Waals surface area contributed by atoms with Gasteiger partial charge >= 0.3 is 0 Å². The highest BCUT2D eigenvalue weighted by Gasteiger charge is 2.33. The molecule has 0 spiro atoms. The summed E-state index contributed by atoms with van der Waals surface area (Å²) in [4.78, 5) is 13.7. The number of piperazine rings is 1. The number of nitrogens with zero attached hydrogens (tertiary/aromatic N) is 4. The van der Waals surface area contributed by atoms with Gasteiger partial charge in [0, 0.05) is 25.2 Å². The number of rotatable bonds is 1. The molecule has 98 valence electrons. The van der Waals surface area contributed by atoms with Gasteiger partial charge in [0.25, 0.3) is 0 Å². The molecule has 2 atom stereocenters. The molecule has 0 saturated carbocycles. The SMILES string of the molecule is CC1CN2CCCCC2CN1c1ncc(N)cn1. The Bertz CT molecular complexity index is 404. The first-order valence-corrected chi connectivity index (χ1v) is 6.82. The fraction of sp³-hybridized carbons (Fsp3) is 0.692. The highest BCUT2D eigenvalue weighted by Crippen LogP contribution is 2.26. The summed E-state index contributed by atoms with van der Waals surface area (Å²) in [6.07, 6.45) is 7.40. The summed E-state index contributed by atoms with van der Waals surface area (Å²) < 4.78 is 0. The van der Waals surface area contributed by atoms with E-state index in [1.807, 2.05) is 0 Å². The summed E-state index contributed by atoms with van der Waals surface area (Å²) in [6, 6.07) is 1.15. The summed E-state index contributed by atoms with van der Waals surface area (Å²) in [5, 5.41) is 0. The fourth-order valence-corrected chi connectivity index (χ4v) is 3.11. The van der Waals surface area contributed by atoms with Gasteiger partial charge in [0.1, 0.15) is 0 Å². The van der Waals surface area contributed by atoms with Crippen molar-refractivity contribution in [1.82, 2.24) is 14.9 Å². The molecule has 2 saturated heterocycles. The van der Waals surface area contributed by atoms with Crippen molar-refractivity contribution in [2.24, 2.45) is 0 Å². The summed E-state index contributed by atoms with van der Waals surface area (Å²) in [5.41, 5.74) is 6.27. The third-order valence-corrected chi connectivity index (χ3v) is 4.10. The highest BCUT2D eigenvalue weighted by atomic mass is 15.4. The Kier molecular flexibility index (Phi) is 3.07. The number of fused-ring (bicyclic) bond motifs is 1. The maximum absolute atomic E-state index is 5.65. The minimum absolute atomic E-state index is 0.475. The standard InChI is InChI=1S/C13H21N5/c1-10-8-17-5-3-2-4-12(17)9-18(10)13-15-6-11(14)7-16-13/h6-7,10,12H,2-5,8-9,14H2,1H3. The topological polar surface area (TPSA) is 58.3 Å². The lowest BCUT2D eigenvalue weighted by atomic mass is 9.97. The van der Waals surface area contributed by atoms with Crippen LogP contribution in [0.2, 0.25) is 0 Å². The number of piperidine rings is 1. The smallest absolute Gasteiger partial charge is 0.225 e. The molecular weight excluding hydrogens is 226 g/mol. The van der Waals surface area contributed by atoms with Crippen molar-refractivity contribution in [2.45, 2.75) is 38.3 Å². The lowest BCUT2D eigenvalue weighted by Crippen LogP contribution is -2.59. The monoisotopic (exact) mass is 247 g/mol. The van der Waals surface area contributed by atoms with Gasteiger partial charge in [-0.1, -0.05) is 6.42 Å². The molecule has 2 fully saturated rings. The van der Waals surface area contributed by atoms with E-state index in [1.165, 1.54) is 25.8 Å². The van der Waals surface area contributed by atoms with Crippen LogP contribution in [0.3, 0.4) is 0 Å². The molecule has 3 rings (SSSR count). The third kappa shape index (κ3) is 2.14. The summed E-state index contributed by atoms with van der Waals surface area (Å²) in [7, 11) is 0. The Hall–Kier alpha value is -1.36. The van der Waals surface area contributed by atoms with E-state index in [4.69, 9.17) is 5.73 Å². The largest absolute Gasteiger partial charge is 0.396 e. The maximum Gasteiger partial charge on any atom is 0.225 e. The van der Waals surface area contributed by atoms with Crippen molar-refractivity contribution in [2.75, 3.05) is 30.3 Å². The van der Waals surface area contributed by atoms with E-state index in [1.54, 1.807) is 12.4 Å². The van der Waals surface area contributed by atoms with Crippen molar-refractivity contribution < 1.29 is 0 Å². The van der Waals surface area contributed by atoms with E-state index in [0.29, 0.717) is 17.8 Å². The van der Waals surface area contributed by atoms with Crippen LogP contribution < -0.4 is 10.6 Å². The molecule has 0 radical (unpaired) electrons. The molecule has 0 amide bonds. The van der Waals surface area contributed by atoms with E-state index in [9.17, 15) is 0 Å². The highest BCUT2D eigenvalue weighted by molar-refractivity contribution is 5.39. The van der Waals surface area contributed by atoms with Crippen molar-refractivity contribution in [3.63, 3.8) is 0 Å². The van der Waals surface area contributed by atoms with Gasteiger partial charge < -0.3 is 10.6 Å². The van der Waals surface area contributed by atoms with Gasteiger partial charge in [0.2, 0.25) is 5.95 Å². The van der Waals surface area contributed by atoms with Gasteiger partial charge in [-0.15, -0.1) is 0 Å². The van der Waals surface area contributed by atoms with Crippen LogP contribution in [0, 0.1) is 0 Å². The Balaban J connectivity index is 1.77. The second-order valence-corrected chi connectivity index (χ2v) is 5.46. The molecule has 1 aromatic rings. The average Bonchev–Trinajstić information content (AvgIpc) is 2.39. The number of aromatic nitrogens is 2. The van der Waals surface area contributed by atoms with Crippen LogP contribution in [0.4, 0.5) is 11.6 Å². The first-order valence-electron chi connectivity index (χ1n) is 6.82. The Labute approximate surface area is 108 Å². The van der Waals surface area contributed by atoms with Crippen LogP contribution in [0.5, 0.6) is 0 Å². The van der Waals surface area contributed by atoms with Crippen molar-refractivity contribution in [3.05, 3.63) is 12.4 Å².